The Kier molecular flexibility index (Phi) is 5.16. The van der Waals surface area contributed by atoms with Crippen molar-refractivity contribution in [1.29, 1.82) is 0 Å². The molecule has 0 spiro atoms. The molecule has 1 aromatic heterocycles. The lowest BCUT2D eigenvalue weighted by molar-refractivity contribution is 0.188. The van der Waals surface area contributed by atoms with Crippen LogP contribution >= 0.6 is 0 Å². The number of methoxy groups -OCH3 is 1. The third kappa shape index (κ3) is 4.26. The Balaban J connectivity index is 1.71. The topological polar surface area (TPSA) is 54.5 Å². The Hall–Kier alpha value is -2.63. The molecule has 25 heavy (non-hydrogen) atoms. The maximum atomic E-state index is 13.4. The second-order valence-corrected chi connectivity index (χ2v) is 6.28. The number of rotatable bonds is 6. The third-order valence-electron chi connectivity index (χ3n) is 4.33. The molecule has 0 radical (unpaired) electrons. The Morgan fingerprint density at radius 1 is 1.44 bits per heavy atom. The van der Waals surface area contributed by atoms with E-state index < -0.39 is 0 Å². The number of pyridine rings is 1. The average Bonchev–Trinajstić information content (AvgIpc) is 3.44. The van der Waals surface area contributed by atoms with Crippen LogP contribution in [-0.2, 0) is 6.54 Å². The average molecular weight is 343 g/mol. The van der Waals surface area contributed by atoms with Crippen LogP contribution in [0.1, 0.15) is 36.9 Å². The number of hydrogen-bond donors (Lipinski definition) is 1. The van der Waals surface area contributed by atoms with Crippen molar-refractivity contribution < 1.29 is 13.9 Å². The van der Waals surface area contributed by atoms with Gasteiger partial charge in [0.25, 0.3) is 0 Å². The van der Waals surface area contributed by atoms with Gasteiger partial charge in [0.1, 0.15) is 11.6 Å². The van der Waals surface area contributed by atoms with Gasteiger partial charge in [0.15, 0.2) is 0 Å². The van der Waals surface area contributed by atoms with Crippen molar-refractivity contribution in [2.75, 3.05) is 7.11 Å². The maximum Gasteiger partial charge on any atom is 0.318 e. The van der Waals surface area contributed by atoms with Gasteiger partial charge in [-0.1, -0.05) is 12.1 Å². The van der Waals surface area contributed by atoms with Gasteiger partial charge in [-0.2, -0.15) is 0 Å². The summed E-state index contributed by atoms with van der Waals surface area (Å²) in [5.74, 6) is 0.349. The van der Waals surface area contributed by atoms with Crippen molar-refractivity contribution in [3.05, 3.63) is 59.7 Å². The molecule has 1 N–H and O–H groups in total. The van der Waals surface area contributed by atoms with E-state index in [1.165, 1.54) is 12.1 Å². The van der Waals surface area contributed by atoms with E-state index in [1.54, 1.807) is 30.5 Å². The highest BCUT2D eigenvalue weighted by molar-refractivity contribution is 5.75. The monoisotopic (exact) mass is 343 g/mol. The molecule has 6 heteroatoms. The number of halogens is 1. The van der Waals surface area contributed by atoms with E-state index in [9.17, 15) is 9.18 Å². The summed E-state index contributed by atoms with van der Waals surface area (Å²) in [6.07, 6.45) is 5.26. The minimum Gasteiger partial charge on any atom is -0.495 e. The lowest BCUT2D eigenvalue weighted by atomic mass is 10.1. The first-order chi connectivity index (χ1) is 12.1. The summed E-state index contributed by atoms with van der Waals surface area (Å²) in [5, 5.41) is 3.01. The smallest absolute Gasteiger partial charge is 0.318 e. The Labute approximate surface area is 146 Å². The molecular formula is C19H22FN3O2. The van der Waals surface area contributed by atoms with Crippen LogP contribution < -0.4 is 10.1 Å². The number of aromatic nitrogens is 1. The Morgan fingerprint density at radius 3 is 2.92 bits per heavy atom. The lowest BCUT2D eigenvalue weighted by Gasteiger charge is -2.26. The van der Waals surface area contributed by atoms with E-state index in [-0.39, 0.29) is 23.9 Å². The first-order valence-electron chi connectivity index (χ1n) is 8.38. The molecule has 1 fully saturated rings. The van der Waals surface area contributed by atoms with Gasteiger partial charge in [-0.05, 0) is 43.5 Å². The number of nitrogens with one attached hydrogen (secondary N) is 1. The second kappa shape index (κ2) is 7.51. The van der Waals surface area contributed by atoms with Crippen molar-refractivity contribution in [3.63, 3.8) is 0 Å². The van der Waals surface area contributed by atoms with Crippen LogP contribution in [0.5, 0.6) is 5.75 Å². The zero-order chi connectivity index (χ0) is 17.8. The van der Waals surface area contributed by atoms with Gasteiger partial charge < -0.3 is 15.0 Å². The van der Waals surface area contributed by atoms with Crippen molar-refractivity contribution in [2.45, 2.75) is 38.4 Å². The molecule has 5 nitrogen and oxygen atoms in total. The normalized spacial score (nSPS) is 14.7. The Bertz CT molecular complexity index is 749. The fourth-order valence-corrected chi connectivity index (χ4v) is 2.85. The van der Waals surface area contributed by atoms with Gasteiger partial charge in [0, 0.05) is 24.3 Å². The predicted molar refractivity (Wildman–Crippen MR) is 92.7 cm³/mol. The number of benzene rings is 1. The highest BCUT2D eigenvalue weighted by atomic mass is 19.1. The number of carbonyl (C=O) groups is 1. The molecule has 2 aromatic rings. The molecule has 0 bridgehead atoms. The summed E-state index contributed by atoms with van der Waals surface area (Å²) >= 11 is 0. The molecule has 0 saturated heterocycles. The van der Waals surface area contributed by atoms with Crippen molar-refractivity contribution in [1.82, 2.24) is 15.2 Å². The number of carbonyl (C=O) groups excluding carboxylic acids is 1. The molecule has 1 heterocycles. The van der Waals surface area contributed by atoms with Crippen LogP contribution in [0.2, 0.25) is 0 Å². The number of ether oxygens (including phenoxy) is 1. The van der Waals surface area contributed by atoms with E-state index >= 15 is 0 Å². The quantitative estimate of drug-likeness (QED) is 0.871. The predicted octanol–water partition coefficient (Wildman–Crippen LogP) is 3.66. The molecule has 3 rings (SSSR count). The minimum atomic E-state index is -0.288. The van der Waals surface area contributed by atoms with Gasteiger partial charge in [-0.25, -0.2) is 9.18 Å². The van der Waals surface area contributed by atoms with Crippen LogP contribution in [0, 0.1) is 5.82 Å². The minimum absolute atomic E-state index is 0.155. The fourth-order valence-electron chi connectivity index (χ4n) is 2.85. The molecule has 2 amide bonds. The van der Waals surface area contributed by atoms with E-state index in [0.717, 1.165) is 24.0 Å². The lowest BCUT2D eigenvalue weighted by Crippen LogP contribution is -2.42. The molecule has 1 saturated carbocycles. The Morgan fingerprint density at radius 2 is 2.24 bits per heavy atom. The van der Waals surface area contributed by atoms with Gasteiger partial charge in [0.2, 0.25) is 0 Å². The SMILES string of the molecule is COc1cnccc1C(C)NC(=O)N(Cc1cccc(F)c1)C1CC1. The van der Waals surface area contributed by atoms with Gasteiger partial charge in [-0.15, -0.1) is 0 Å². The summed E-state index contributed by atoms with van der Waals surface area (Å²) < 4.78 is 18.7. The summed E-state index contributed by atoms with van der Waals surface area (Å²) in [6, 6.07) is 8.05. The summed E-state index contributed by atoms with van der Waals surface area (Å²) in [5.41, 5.74) is 1.66. The largest absolute Gasteiger partial charge is 0.495 e. The summed E-state index contributed by atoms with van der Waals surface area (Å²) in [7, 11) is 1.58. The van der Waals surface area contributed by atoms with E-state index in [1.807, 2.05) is 19.1 Å². The van der Waals surface area contributed by atoms with E-state index in [4.69, 9.17) is 4.74 Å². The number of amides is 2. The summed E-state index contributed by atoms with van der Waals surface area (Å²) in [4.78, 5) is 18.6. The van der Waals surface area contributed by atoms with Gasteiger partial charge in [-0.3, -0.25) is 4.98 Å². The van der Waals surface area contributed by atoms with Gasteiger partial charge in [0.05, 0.1) is 19.3 Å². The maximum absolute atomic E-state index is 13.4. The zero-order valence-electron chi connectivity index (χ0n) is 14.4. The molecule has 132 valence electrons. The number of urea groups is 1. The first-order valence-corrected chi connectivity index (χ1v) is 8.38. The number of nitrogens with zero attached hydrogens (tertiary/aromatic N) is 2. The zero-order valence-corrected chi connectivity index (χ0v) is 14.4. The molecular weight excluding hydrogens is 321 g/mol. The highest BCUT2D eigenvalue weighted by Gasteiger charge is 2.33. The second-order valence-electron chi connectivity index (χ2n) is 6.28. The van der Waals surface area contributed by atoms with Crippen molar-refractivity contribution in [2.24, 2.45) is 0 Å². The summed E-state index contributed by atoms with van der Waals surface area (Å²) in [6.45, 7) is 2.30. The van der Waals surface area contributed by atoms with Crippen LogP contribution in [0.4, 0.5) is 9.18 Å². The van der Waals surface area contributed by atoms with Crippen molar-refractivity contribution in [3.8, 4) is 5.75 Å². The van der Waals surface area contributed by atoms with Crippen LogP contribution in [0.25, 0.3) is 0 Å². The molecule has 1 aliphatic rings. The van der Waals surface area contributed by atoms with Crippen LogP contribution in [0.3, 0.4) is 0 Å². The molecule has 1 unspecified atom stereocenters. The van der Waals surface area contributed by atoms with E-state index in [0.29, 0.717) is 12.3 Å². The first kappa shape index (κ1) is 17.2. The van der Waals surface area contributed by atoms with Crippen LogP contribution in [-0.4, -0.2) is 29.1 Å². The number of hydrogen-bond acceptors (Lipinski definition) is 3. The highest BCUT2D eigenvalue weighted by Crippen LogP contribution is 2.30. The van der Waals surface area contributed by atoms with E-state index in [2.05, 4.69) is 10.3 Å². The standard InChI is InChI=1S/C19H22FN3O2/c1-13(17-8-9-21-11-18(17)25-2)22-19(24)23(16-6-7-16)12-14-4-3-5-15(20)10-14/h3-5,8-11,13,16H,6-7,12H2,1-2H3,(H,22,24). The molecule has 1 aliphatic carbocycles. The fraction of sp³-hybridized carbons (Fsp3) is 0.368. The van der Waals surface area contributed by atoms with Crippen LogP contribution in [0.15, 0.2) is 42.7 Å². The van der Waals surface area contributed by atoms with Gasteiger partial charge >= 0.3 is 6.03 Å². The third-order valence-corrected chi connectivity index (χ3v) is 4.33. The van der Waals surface area contributed by atoms with Crippen molar-refractivity contribution >= 4 is 6.03 Å². The molecule has 1 aromatic carbocycles. The molecule has 1 atom stereocenters. The molecule has 0 aliphatic heterocycles.